The van der Waals surface area contributed by atoms with Gasteiger partial charge < -0.3 is 9.47 Å². The maximum atomic E-state index is 12.0. The quantitative estimate of drug-likeness (QED) is 0.377. The van der Waals surface area contributed by atoms with Crippen molar-refractivity contribution in [2.75, 3.05) is 0 Å². The molecule has 0 bridgehead atoms. The molecule has 4 N–H and O–H groups in total. The van der Waals surface area contributed by atoms with Gasteiger partial charge in [-0.2, -0.15) is 0 Å². The molecule has 2 heterocycles. The zero-order chi connectivity index (χ0) is 27.3. The highest BCUT2D eigenvalue weighted by atomic mass is 16.5. The first-order valence-corrected chi connectivity index (χ1v) is 12.4. The zero-order valence-corrected chi connectivity index (χ0v) is 21.2. The summed E-state index contributed by atoms with van der Waals surface area (Å²) in [5.41, 5.74) is 3.36. The highest BCUT2D eigenvalue weighted by Gasteiger charge is 2.34. The van der Waals surface area contributed by atoms with Crippen LogP contribution in [-0.2, 0) is 5.41 Å². The van der Waals surface area contributed by atoms with Crippen LogP contribution in [0.15, 0.2) is 84.9 Å². The Kier molecular flexibility index (Phi) is 5.71. The number of hydrogen-bond acceptors (Lipinski definition) is 6. The Morgan fingerprint density at radius 1 is 0.462 bits per heavy atom. The first-order valence-electron chi connectivity index (χ1n) is 12.4. The van der Waals surface area contributed by atoms with Gasteiger partial charge in [0.25, 0.3) is 0 Å². The Bertz CT molecular complexity index is 1560. The third-order valence-corrected chi connectivity index (χ3v) is 7.19. The Labute approximate surface area is 223 Å². The van der Waals surface area contributed by atoms with Crippen LogP contribution in [0.1, 0.15) is 66.4 Å². The van der Waals surface area contributed by atoms with Gasteiger partial charge in [-0.25, -0.2) is 29.8 Å². The van der Waals surface area contributed by atoms with E-state index >= 15 is 0 Å². The summed E-state index contributed by atoms with van der Waals surface area (Å²) in [5, 5.41) is 2.20. The van der Waals surface area contributed by atoms with Gasteiger partial charge in [0.05, 0.1) is 11.1 Å². The summed E-state index contributed by atoms with van der Waals surface area (Å²) in [6.45, 7) is 4.25. The molecule has 39 heavy (non-hydrogen) atoms. The van der Waals surface area contributed by atoms with Crippen LogP contribution in [-0.4, -0.2) is 23.6 Å². The lowest BCUT2D eigenvalue weighted by Crippen LogP contribution is -2.88. The molecule has 4 aromatic rings. The van der Waals surface area contributed by atoms with Crippen molar-refractivity contribution in [3.8, 4) is 23.0 Å². The highest BCUT2D eigenvalue weighted by molar-refractivity contribution is 6.11. The number of nitrogens with two attached hydrogens (primary N) is 2. The second kappa shape index (κ2) is 9.13. The molecule has 4 aromatic carbocycles. The minimum Gasteiger partial charge on any atom is -0.457 e. The van der Waals surface area contributed by atoms with E-state index in [2.05, 4.69) is 13.8 Å². The van der Waals surface area contributed by atoms with Gasteiger partial charge in [-0.3, -0.25) is 0 Å². The van der Waals surface area contributed by atoms with Crippen LogP contribution in [0.3, 0.4) is 0 Å². The number of carbonyl (C=O) groups is 4. The fraction of sp³-hybridized carbons (Fsp3) is 0.0968. The lowest BCUT2D eigenvalue weighted by atomic mass is 9.78. The maximum absolute atomic E-state index is 12.0. The lowest BCUT2D eigenvalue weighted by Gasteiger charge is -2.26. The predicted octanol–water partition coefficient (Wildman–Crippen LogP) is 3.31. The largest absolute Gasteiger partial charge is 0.457 e. The molecule has 0 aromatic heterocycles. The first-order chi connectivity index (χ1) is 18.7. The number of ether oxygens (including phenoxy) is 2. The molecule has 4 amide bonds. The van der Waals surface area contributed by atoms with Crippen LogP contribution in [0.25, 0.3) is 0 Å². The number of quaternary nitrogens is 2. The Hall–Kier alpha value is -4.92. The molecule has 0 fully saturated rings. The summed E-state index contributed by atoms with van der Waals surface area (Å²) in [4.78, 5) is 47.6. The summed E-state index contributed by atoms with van der Waals surface area (Å²) in [7, 11) is 0. The molecule has 2 aliphatic rings. The molecule has 8 nitrogen and oxygen atoms in total. The van der Waals surface area contributed by atoms with Crippen LogP contribution in [0.4, 0.5) is 0 Å². The van der Waals surface area contributed by atoms with Gasteiger partial charge in [0.1, 0.15) is 34.1 Å². The lowest BCUT2D eigenvalue weighted by molar-refractivity contribution is -0.446. The van der Waals surface area contributed by atoms with Gasteiger partial charge in [-0.1, -0.05) is 38.1 Å². The second-order valence-corrected chi connectivity index (χ2v) is 10.0. The Morgan fingerprint density at radius 2 is 0.795 bits per heavy atom. The van der Waals surface area contributed by atoms with E-state index in [1.807, 2.05) is 48.5 Å². The molecule has 0 radical (unpaired) electrons. The number of fused-ring (bicyclic) bond motifs is 2. The summed E-state index contributed by atoms with van der Waals surface area (Å²) in [6, 6.07) is 25.3. The van der Waals surface area contributed by atoms with E-state index in [0.717, 1.165) is 21.8 Å². The molecular weight excluding hydrogens is 496 g/mol. The molecule has 0 saturated carbocycles. The third kappa shape index (κ3) is 4.41. The van der Waals surface area contributed by atoms with Crippen LogP contribution < -0.4 is 20.1 Å². The Balaban J connectivity index is 1.15. The number of rotatable bonds is 6. The van der Waals surface area contributed by atoms with Gasteiger partial charge in [0.15, 0.2) is 0 Å². The minimum absolute atomic E-state index is 0.274. The molecule has 0 spiro atoms. The third-order valence-electron chi connectivity index (χ3n) is 7.19. The molecule has 0 saturated heterocycles. The van der Waals surface area contributed by atoms with Gasteiger partial charge in [0.2, 0.25) is 0 Å². The topological polar surface area (TPSA) is 120 Å². The van der Waals surface area contributed by atoms with E-state index in [0.29, 0.717) is 45.3 Å². The number of carbonyl (C=O) groups excluding carboxylic acids is 4. The molecule has 0 unspecified atom stereocenters. The second-order valence-electron chi connectivity index (χ2n) is 10.0. The highest BCUT2D eigenvalue weighted by Crippen LogP contribution is 2.35. The number of primary amides is 4. The van der Waals surface area contributed by atoms with E-state index in [1.165, 1.54) is 0 Å². The van der Waals surface area contributed by atoms with E-state index < -0.39 is 0 Å². The van der Waals surface area contributed by atoms with Crippen molar-refractivity contribution >= 4 is 23.6 Å². The SMILES string of the molecule is CC(C)(c1ccc(Oc2ccc3c(c2)C(=O)[NH2+]C3=O)cc1)c1ccc(Oc2ccc3c(c2)C(=O)[NH2+]C3=O)cc1. The number of benzene rings is 4. The number of imide groups is 2. The van der Waals surface area contributed by atoms with Crippen molar-refractivity contribution in [1.82, 2.24) is 0 Å². The fourth-order valence-corrected chi connectivity index (χ4v) is 4.88. The van der Waals surface area contributed by atoms with Crippen LogP contribution in [0, 0.1) is 0 Å². The van der Waals surface area contributed by atoms with E-state index in [-0.39, 0.29) is 29.0 Å². The molecule has 0 aliphatic carbocycles. The average Bonchev–Trinajstić information content (AvgIpc) is 3.37. The molecule has 0 atom stereocenters. The monoisotopic (exact) mass is 520 g/mol. The normalized spacial score (nSPS) is 14.4. The molecule has 6 rings (SSSR count). The van der Waals surface area contributed by atoms with Crippen molar-refractivity contribution in [2.45, 2.75) is 19.3 Å². The maximum Gasteiger partial charge on any atom is 0.351 e. The molecule has 192 valence electrons. The van der Waals surface area contributed by atoms with Crippen molar-refractivity contribution in [3.05, 3.63) is 118 Å². The molecular formula is C31H24N2O6+2. The van der Waals surface area contributed by atoms with Crippen LogP contribution >= 0.6 is 0 Å². The summed E-state index contributed by atoms with van der Waals surface area (Å²) >= 11 is 0. The zero-order valence-electron chi connectivity index (χ0n) is 21.2. The van der Waals surface area contributed by atoms with E-state index in [1.54, 1.807) is 36.4 Å². The predicted molar refractivity (Wildman–Crippen MR) is 139 cm³/mol. The summed E-state index contributed by atoms with van der Waals surface area (Å²) in [5.74, 6) is 1.07. The number of amides is 4. The van der Waals surface area contributed by atoms with Gasteiger partial charge in [-0.05, 0) is 71.8 Å². The van der Waals surface area contributed by atoms with Crippen LogP contribution in [0.5, 0.6) is 23.0 Å². The Morgan fingerprint density at radius 3 is 1.18 bits per heavy atom. The van der Waals surface area contributed by atoms with Gasteiger partial charge in [-0.15, -0.1) is 0 Å². The smallest absolute Gasteiger partial charge is 0.351 e. The van der Waals surface area contributed by atoms with Gasteiger partial charge in [0, 0.05) is 5.41 Å². The van der Waals surface area contributed by atoms with Gasteiger partial charge >= 0.3 is 23.6 Å². The first kappa shape index (κ1) is 24.4. The van der Waals surface area contributed by atoms with Crippen molar-refractivity contribution in [2.24, 2.45) is 0 Å². The van der Waals surface area contributed by atoms with Crippen molar-refractivity contribution in [1.29, 1.82) is 0 Å². The van der Waals surface area contributed by atoms with E-state index in [4.69, 9.17) is 9.47 Å². The summed E-state index contributed by atoms with van der Waals surface area (Å²) < 4.78 is 11.9. The van der Waals surface area contributed by atoms with Crippen molar-refractivity contribution < 1.29 is 39.3 Å². The number of hydrogen-bond donors (Lipinski definition) is 2. The van der Waals surface area contributed by atoms with Crippen LogP contribution in [0.2, 0.25) is 0 Å². The van der Waals surface area contributed by atoms with Crippen molar-refractivity contribution in [3.63, 3.8) is 0 Å². The molecule has 8 heteroatoms. The van der Waals surface area contributed by atoms with E-state index in [9.17, 15) is 19.2 Å². The minimum atomic E-state index is -0.316. The molecule has 2 aliphatic heterocycles. The average molecular weight is 521 g/mol. The standard InChI is InChI=1S/C31H22N2O6/c1-31(2,17-3-7-19(8-4-17)38-21-11-13-23-25(15-21)29(36)32-27(23)34)18-5-9-20(10-6-18)39-22-12-14-24-26(16-22)30(37)33-28(24)35/h3-16H,1-2H3,(H,32,34,36)(H,33,35,37)/p+2. The summed E-state index contributed by atoms with van der Waals surface area (Å²) in [6.07, 6.45) is 0. The fourth-order valence-electron chi connectivity index (χ4n) is 4.88.